The monoisotopic (exact) mass is 326 g/mol. The van der Waals surface area contributed by atoms with Crippen LogP contribution in [-0.4, -0.2) is 27.9 Å². The first kappa shape index (κ1) is 16.3. The molecular formula is C17H21F3N2O. The Morgan fingerprint density at radius 3 is 2.09 bits per heavy atom. The fraction of sp³-hybridized carbons (Fsp3) is 0.647. The van der Waals surface area contributed by atoms with Crippen molar-refractivity contribution in [2.24, 2.45) is 5.92 Å². The quantitative estimate of drug-likeness (QED) is 0.830. The Balaban J connectivity index is 1.76. The number of aromatic nitrogens is 1. The van der Waals surface area contributed by atoms with Gasteiger partial charge in [-0.3, -0.25) is 9.78 Å². The molecule has 0 atom stereocenters. The van der Waals surface area contributed by atoms with Crippen LogP contribution < -0.4 is 0 Å². The van der Waals surface area contributed by atoms with Crippen LogP contribution in [0.1, 0.15) is 61.5 Å². The summed E-state index contributed by atoms with van der Waals surface area (Å²) in [4.78, 5) is 18.1. The molecule has 0 aromatic carbocycles. The van der Waals surface area contributed by atoms with Gasteiger partial charge >= 0.3 is 6.18 Å². The second-order valence-corrected chi connectivity index (χ2v) is 6.79. The number of halogens is 3. The molecule has 1 amide bonds. The van der Waals surface area contributed by atoms with Gasteiger partial charge in [0.1, 0.15) is 5.69 Å². The number of alkyl halides is 3. The third-order valence-corrected chi connectivity index (χ3v) is 4.85. The van der Waals surface area contributed by atoms with Crippen molar-refractivity contribution in [1.29, 1.82) is 0 Å². The molecule has 1 heterocycles. The average Bonchev–Trinajstić information content (AvgIpc) is 3.33. The van der Waals surface area contributed by atoms with Crippen LogP contribution in [0.4, 0.5) is 13.2 Å². The molecule has 0 N–H and O–H groups in total. The van der Waals surface area contributed by atoms with Crippen molar-refractivity contribution < 1.29 is 18.0 Å². The van der Waals surface area contributed by atoms with Gasteiger partial charge in [-0.05, 0) is 56.6 Å². The number of amides is 1. The first-order valence-electron chi connectivity index (χ1n) is 8.22. The second-order valence-electron chi connectivity index (χ2n) is 6.79. The molecule has 3 rings (SSSR count). The Morgan fingerprint density at radius 2 is 1.65 bits per heavy atom. The van der Waals surface area contributed by atoms with E-state index in [4.69, 9.17) is 0 Å². The van der Waals surface area contributed by atoms with Gasteiger partial charge in [0.2, 0.25) is 0 Å². The van der Waals surface area contributed by atoms with E-state index in [0.29, 0.717) is 5.92 Å². The fourth-order valence-electron chi connectivity index (χ4n) is 3.34. The number of carbonyl (C=O) groups is 1. The Bertz CT molecular complexity index is 558. The molecular weight excluding hydrogens is 305 g/mol. The molecule has 2 saturated carbocycles. The lowest BCUT2D eigenvalue weighted by molar-refractivity contribution is -0.141. The van der Waals surface area contributed by atoms with Crippen LogP contribution in [0.2, 0.25) is 0 Å². The lowest BCUT2D eigenvalue weighted by Gasteiger charge is -2.36. The molecule has 0 spiro atoms. The van der Waals surface area contributed by atoms with Crippen molar-refractivity contribution in [2.75, 3.05) is 0 Å². The molecule has 126 valence electrons. The summed E-state index contributed by atoms with van der Waals surface area (Å²) in [6, 6.07) is 2.61. The first-order valence-corrected chi connectivity index (χ1v) is 8.22. The highest BCUT2D eigenvalue weighted by molar-refractivity contribution is 5.94. The smallest absolute Gasteiger partial charge is 0.333 e. The molecule has 0 unspecified atom stereocenters. The van der Waals surface area contributed by atoms with Crippen LogP contribution in [0.3, 0.4) is 0 Å². The highest BCUT2D eigenvalue weighted by Crippen LogP contribution is 2.36. The lowest BCUT2D eigenvalue weighted by Crippen LogP contribution is -2.43. The zero-order valence-corrected chi connectivity index (χ0v) is 13.1. The molecule has 0 aliphatic heterocycles. The number of carbonyl (C=O) groups excluding carboxylic acids is 1. The molecule has 1 aromatic rings. The number of rotatable bonds is 3. The van der Waals surface area contributed by atoms with Gasteiger partial charge in [-0.25, -0.2) is 0 Å². The summed E-state index contributed by atoms with van der Waals surface area (Å²) in [6.07, 6.45) is 2.74. The normalized spacial score (nSPS) is 25.2. The molecule has 2 aliphatic rings. The van der Waals surface area contributed by atoms with E-state index in [1.807, 2.05) is 4.90 Å². The number of nitrogens with zero attached hydrogens (tertiary/aromatic N) is 2. The van der Waals surface area contributed by atoms with E-state index in [2.05, 4.69) is 11.9 Å². The molecule has 0 radical (unpaired) electrons. The SMILES string of the molecule is CC1CCC(N(C(=O)c2ccc(C(F)(F)F)nc2)C2CC2)CC1. The van der Waals surface area contributed by atoms with Crippen LogP contribution in [0.5, 0.6) is 0 Å². The molecule has 2 fully saturated rings. The molecule has 0 bridgehead atoms. The van der Waals surface area contributed by atoms with E-state index in [1.165, 1.54) is 6.07 Å². The predicted molar refractivity (Wildman–Crippen MR) is 79.9 cm³/mol. The van der Waals surface area contributed by atoms with E-state index in [9.17, 15) is 18.0 Å². The van der Waals surface area contributed by atoms with E-state index >= 15 is 0 Å². The van der Waals surface area contributed by atoms with Gasteiger partial charge in [0.05, 0.1) is 5.56 Å². The second kappa shape index (κ2) is 6.13. The van der Waals surface area contributed by atoms with Crippen molar-refractivity contribution in [1.82, 2.24) is 9.88 Å². The molecule has 1 aromatic heterocycles. The highest BCUT2D eigenvalue weighted by atomic mass is 19.4. The Hall–Kier alpha value is -1.59. The minimum absolute atomic E-state index is 0.173. The minimum atomic E-state index is -4.47. The van der Waals surface area contributed by atoms with Crippen molar-refractivity contribution in [3.05, 3.63) is 29.6 Å². The topological polar surface area (TPSA) is 33.2 Å². The van der Waals surface area contributed by atoms with Crippen LogP contribution in [0.25, 0.3) is 0 Å². The average molecular weight is 326 g/mol. The van der Waals surface area contributed by atoms with Crippen molar-refractivity contribution in [2.45, 2.75) is 63.7 Å². The Morgan fingerprint density at radius 1 is 1.09 bits per heavy atom. The maximum absolute atomic E-state index is 12.8. The van der Waals surface area contributed by atoms with E-state index in [0.717, 1.165) is 50.8 Å². The minimum Gasteiger partial charge on any atom is -0.333 e. The fourth-order valence-corrected chi connectivity index (χ4v) is 3.34. The van der Waals surface area contributed by atoms with Crippen LogP contribution >= 0.6 is 0 Å². The van der Waals surface area contributed by atoms with Gasteiger partial charge in [-0.1, -0.05) is 6.92 Å². The summed E-state index contributed by atoms with van der Waals surface area (Å²) >= 11 is 0. The summed E-state index contributed by atoms with van der Waals surface area (Å²) < 4.78 is 37.8. The molecule has 23 heavy (non-hydrogen) atoms. The summed E-state index contributed by atoms with van der Waals surface area (Å²) in [7, 11) is 0. The van der Waals surface area contributed by atoms with Crippen LogP contribution in [0.15, 0.2) is 18.3 Å². The van der Waals surface area contributed by atoms with E-state index < -0.39 is 11.9 Å². The zero-order valence-electron chi connectivity index (χ0n) is 13.1. The first-order chi connectivity index (χ1) is 10.9. The van der Waals surface area contributed by atoms with Crippen molar-refractivity contribution >= 4 is 5.91 Å². The Labute approximate surface area is 133 Å². The third-order valence-electron chi connectivity index (χ3n) is 4.85. The van der Waals surface area contributed by atoms with Gasteiger partial charge in [-0.15, -0.1) is 0 Å². The third kappa shape index (κ3) is 3.67. The van der Waals surface area contributed by atoms with E-state index in [-0.39, 0.29) is 23.6 Å². The molecule has 2 aliphatic carbocycles. The number of hydrogen-bond donors (Lipinski definition) is 0. The lowest BCUT2D eigenvalue weighted by atomic mass is 9.86. The maximum Gasteiger partial charge on any atom is 0.433 e. The van der Waals surface area contributed by atoms with Crippen molar-refractivity contribution in [3.63, 3.8) is 0 Å². The zero-order chi connectivity index (χ0) is 16.6. The highest BCUT2D eigenvalue weighted by Gasteiger charge is 2.39. The number of pyridine rings is 1. The van der Waals surface area contributed by atoms with Gasteiger partial charge in [0, 0.05) is 18.3 Å². The molecule has 3 nitrogen and oxygen atoms in total. The molecule has 6 heteroatoms. The van der Waals surface area contributed by atoms with Gasteiger partial charge in [-0.2, -0.15) is 13.2 Å². The van der Waals surface area contributed by atoms with Crippen LogP contribution in [0, 0.1) is 5.92 Å². The van der Waals surface area contributed by atoms with Crippen molar-refractivity contribution in [3.8, 4) is 0 Å². The summed E-state index contributed by atoms with van der Waals surface area (Å²) in [5.74, 6) is 0.517. The largest absolute Gasteiger partial charge is 0.433 e. The van der Waals surface area contributed by atoms with E-state index in [1.54, 1.807) is 0 Å². The van der Waals surface area contributed by atoms with Gasteiger partial charge in [0.15, 0.2) is 0 Å². The van der Waals surface area contributed by atoms with Gasteiger partial charge in [0.25, 0.3) is 5.91 Å². The maximum atomic E-state index is 12.8. The standard InChI is InChI=1S/C17H21F3N2O/c1-11-2-5-13(6-3-11)22(14-7-8-14)16(23)12-4-9-15(21-10-12)17(18,19)20/h4,9-11,13-14H,2-3,5-8H2,1H3. The summed E-state index contributed by atoms with van der Waals surface area (Å²) in [5, 5.41) is 0. The van der Waals surface area contributed by atoms with Gasteiger partial charge < -0.3 is 4.90 Å². The summed E-state index contributed by atoms with van der Waals surface area (Å²) in [5.41, 5.74) is -0.706. The summed E-state index contributed by atoms with van der Waals surface area (Å²) in [6.45, 7) is 2.22. The van der Waals surface area contributed by atoms with Crippen LogP contribution in [-0.2, 0) is 6.18 Å². The predicted octanol–water partition coefficient (Wildman–Crippen LogP) is 4.28. The number of hydrogen-bond acceptors (Lipinski definition) is 2. The Kier molecular flexibility index (Phi) is 4.34. The molecule has 0 saturated heterocycles.